The van der Waals surface area contributed by atoms with Gasteiger partial charge in [-0.2, -0.15) is 0 Å². The van der Waals surface area contributed by atoms with Gasteiger partial charge in [-0.3, -0.25) is 4.90 Å². The van der Waals surface area contributed by atoms with Gasteiger partial charge in [-0.05, 0) is 39.2 Å². The Balaban J connectivity index is 1.47. The van der Waals surface area contributed by atoms with Crippen LogP contribution < -0.4 is 5.32 Å². The van der Waals surface area contributed by atoms with E-state index in [1.54, 1.807) is 0 Å². The minimum absolute atomic E-state index is 0.774. The summed E-state index contributed by atoms with van der Waals surface area (Å²) in [6.07, 6.45) is 12.7. The van der Waals surface area contributed by atoms with Crippen LogP contribution in [0.25, 0.3) is 0 Å². The molecule has 0 aromatic rings. The lowest BCUT2D eigenvalue weighted by molar-refractivity contribution is 0.255. The predicted molar refractivity (Wildman–Crippen MR) is 79.0 cm³/mol. The largest absolute Gasteiger partial charge is 0.313 e. The fourth-order valence-corrected chi connectivity index (χ4v) is 3.33. The van der Waals surface area contributed by atoms with Crippen molar-refractivity contribution in [1.82, 2.24) is 10.2 Å². The van der Waals surface area contributed by atoms with Gasteiger partial charge in [-0.1, -0.05) is 39.0 Å². The molecule has 0 spiro atoms. The third-order valence-corrected chi connectivity index (χ3v) is 4.60. The van der Waals surface area contributed by atoms with Gasteiger partial charge in [-0.15, -0.1) is 0 Å². The molecular formula is C16H32N2. The molecule has 0 amide bonds. The molecule has 18 heavy (non-hydrogen) atoms. The number of nitrogens with zero attached hydrogens (tertiary/aromatic N) is 1. The molecule has 2 rings (SSSR count). The summed E-state index contributed by atoms with van der Waals surface area (Å²) in [6, 6.07) is 2.54. The molecule has 2 atom stereocenters. The Hall–Kier alpha value is -0.0800. The van der Waals surface area contributed by atoms with Crippen LogP contribution in [0.5, 0.6) is 0 Å². The normalized spacial score (nSPS) is 29.0. The average Bonchev–Trinajstić information content (AvgIpc) is 3.13. The van der Waals surface area contributed by atoms with Gasteiger partial charge in [0.15, 0.2) is 0 Å². The Morgan fingerprint density at radius 2 is 1.78 bits per heavy atom. The second-order valence-electron chi connectivity index (χ2n) is 6.43. The summed E-state index contributed by atoms with van der Waals surface area (Å²) < 4.78 is 0. The maximum atomic E-state index is 3.77. The van der Waals surface area contributed by atoms with Gasteiger partial charge >= 0.3 is 0 Å². The lowest BCUT2D eigenvalue weighted by atomic mass is 10.1. The highest BCUT2D eigenvalue weighted by atomic mass is 15.3. The van der Waals surface area contributed by atoms with Gasteiger partial charge in [0.2, 0.25) is 0 Å². The van der Waals surface area contributed by atoms with Crippen molar-refractivity contribution in [3.63, 3.8) is 0 Å². The molecule has 0 radical (unpaired) electrons. The monoisotopic (exact) mass is 252 g/mol. The van der Waals surface area contributed by atoms with E-state index in [-0.39, 0.29) is 0 Å². The Morgan fingerprint density at radius 1 is 1.06 bits per heavy atom. The fraction of sp³-hybridized carbons (Fsp3) is 1.00. The quantitative estimate of drug-likeness (QED) is 0.631. The van der Waals surface area contributed by atoms with Crippen molar-refractivity contribution in [1.29, 1.82) is 0 Å². The Labute approximate surface area is 114 Å². The van der Waals surface area contributed by atoms with E-state index < -0.39 is 0 Å². The number of likely N-dealkylation sites (tertiary alicyclic amines) is 1. The Morgan fingerprint density at radius 3 is 2.50 bits per heavy atom. The van der Waals surface area contributed by atoms with Gasteiger partial charge in [0.25, 0.3) is 0 Å². The van der Waals surface area contributed by atoms with E-state index in [0.717, 1.165) is 18.1 Å². The molecule has 0 aromatic heterocycles. The first-order valence-corrected chi connectivity index (χ1v) is 8.30. The number of hydrogen-bond donors (Lipinski definition) is 1. The topological polar surface area (TPSA) is 15.3 Å². The van der Waals surface area contributed by atoms with Gasteiger partial charge in [-0.25, -0.2) is 0 Å². The lowest BCUT2D eigenvalue weighted by Gasteiger charge is -2.19. The highest BCUT2D eigenvalue weighted by molar-refractivity contribution is 4.95. The lowest BCUT2D eigenvalue weighted by Crippen LogP contribution is -2.34. The minimum Gasteiger partial charge on any atom is -0.313 e. The molecule has 1 saturated heterocycles. The predicted octanol–water partition coefficient (Wildman–Crippen LogP) is 3.56. The molecular weight excluding hydrogens is 220 g/mol. The molecule has 2 fully saturated rings. The van der Waals surface area contributed by atoms with Crippen LogP contribution in [0.3, 0.4) is 0 Å². The van der Waals surface area contributed by atoms with Gasteiger partial charge in [0.05, 0.1) is 0 Å². The van der Waals surface area contributed by atoms with Crippen molar-refractivity contribution in [2.45, 2.75) is 89.8 Å². The van der Waals surface area contributed by atoms with Gasteiger partial charge < -0.3 is 5.32 Å². The third kappa shape index (κ3) is 4.55. The molecule has 1 heterocycles. The zero-order valence-corrected chi connectivity index (χ0v) is 12.5. The SMILES string of the molecule is CCCCCCCCNC1CC(C)N(C2CC2)C1. The smallest absolute Gasteiger partial charge is 0.0210 e. The van der Waals surface area contributed by atoms with Crippen LogP contribution in [-0.2, 0) is 0 Å². The summed E-state index contributed by atoms with van der Waals surface area (Å²) in [5.41, 5.74) is 0. The number of nitrogens with one attached hydrogen (secondary N) is 1. The number of hydrogen-bond acceptors (Lipinski definition) is 2. The van der Waals surface area contributed by atoms with Crippen LogP contribution in [0.1, 0.15) is 71.6 Å². The highest BCUT2D eigenvalue weighted by Gasteiger charge is 2.38. The number of unbranched alkanes of at least 4 members (excludes halogenated alkanes) is 5. The van der Waals surface area contributed by atoms with E-state index >= 15 is 0 Å². The van der Waals surface area contributed by atoms with Crippen molar-refractivity contribution >= 4 is 0 Å². The summed E-state index contributed by atoms with van der Waals surface area (Å²) in [4.78, 5) is 2.74. The standard InChI is InChI=1S/C16H32N2/c1-3-4-5-6-7-8-11-17-15-12-14(2)18(13-15)16-9-10-16/h14-17H,3-13H2,1-2H3. The molecule has 1 aliphatic carbocycles. The average molecular weight is 252 g/mol. The summed E-state index contributed by atoms with van der Waals surface area (Å²) in [5, 5.41) is 3.77. The van der Waals surface area contributed by atoms with E-state index in [0.29, 0.717) is 0 Å². The van der Waals surface area contributed by atoms with Crippen molar-refractivity contribution in [2.75, 3.05) is 13.1 Å². The van der Waals surface area contributed by atoms with Crippen LogP contribution in [0.15, 0.2) is 0 Å². The van der Waals surface area contributed by atoms with Crippen LogP contribution in [0, 0.1) is 0 Å². The first-order valence-electron chi connectivity index (χ1n) is 8.30. The molecule has 1 saturated carbocycles. The van der Waals surface area contributed by atoms with Crippen LogP contribution in [0.4, 0.5) is 0 Å². The molecule has 0 bridgehead atoms. The van der Waals surface area contributed by atoms with Gasteiger partial charge in [0, 0.05) is 24.7 Å². The maximum Gasteiger partial charge on any atom is 0.0210 e. The molecule has 1 aliphatic heterocycles. The molecule has 1 N–H and O–H groups in total. The second-order valence-corrected chi connectivity index (χ2v) is 6.43. The summed E-state index contributed by atoms with van der Waals surface area (Å²) in [7, 11) is 0. The van der Waals surface area contributed by atoms with Crippen LogP contribution in [-0.4, -0.2) is 36.1 Å². The molecule has 2 heteroatoms. The zero-order chi connectivity index (χ0) is 12.8. The van der Waals surface area contributed by atoms with Gasteiger partial charge in [0.1, 0.15) is 0 Å². The van der Waals surface area contributed by atoms with E-state index in [9.17, 15) is 0 Å². The maximum absolute atomic E-state index is 3.77. The summed E-state index contributed by atoms with van der Waals surface area (Å²) >= 11 is 0. The van der Waals surface area contributed by atoms with Crippen molar-refractivity contribution in [2.24, 2.45) is 0 Å². The fourth-order valence-electron chi connectivity index (χ4n) is 3.33. The van der Waals surface area contributed by atoms with E-state index in [1.165, 1.54) is 70.9 Å². The second kappa shape index (κ2) is 7.49. The Bertz CT molecular complexity index is 225. The van der Waals surface area contributed by atoms with Crippen molar-refractivity contribution in [3.8, 4) is 0 Å². The molecule has 2 unspecified atom stereocenters. The van der Waals surface area contributed by atoms with E-state index in [4.69, 9.17) is 0 Å². The van der Waals surface area contributed by atoms with Crippen molar-refractivity contribution in [3.05, 3.63) is 0 Å². The van der Waals surface area contributed by atoms with Crippen molar-refractivity contribution < 1.29 is 0 Å². The highest BCUT2D eigenvalue weighted by Crippen LogP contribution is 2.33. The first kappa shape index (κ1) is 14.3. The first-order chi connectivity index (χ1) is 8.81. The van der Waals surface area contributed by atoms with E-state index in [1.807, 2.05) is 0 Å². The summed E-state index contributed by atoms with van der Waals surface area (Å²) in [6.45, 7) is 7.24. The molecule has 2 aliphatic rings. The molecule has 2 nitrogen and oxygen atoms in total. The van der Waals surface area contributed by atoms with E-state index in [2.05, 4.69) is 24.1 Å². The molecule has 0 aromatic carbocycles. The van der Waals surface area contributed by atoms with Crippen LogP contribution >= 0.6 is 0 Å². The van der Waals surface area contributed by atoms with Crippen LogP contribution in [0.2, 0.25) is 0 Å². The number of rotatable bonds is 9. The molecule has 106 valence electrons. The third-order valence-electron chi connectivity index (χ3n) is 4.60. The minimum atomic E-state index is 0.774. The zero-order valence-electron chi connectivity index (χ0n) is 12.5. The summed E-state index contributed by atoms with van der Waals surface area (Å²) in [5.74, 6) is 0. The Kier molecular flexibility index (Phi) is 5.97.